The first-order valence-corrected chi connectivity index (χ1v) is 11.1. The number of rotatable bonds is 6. The minimum absolute atomic E-state index is 0.166. The zero-order chi connectivity index (χ0) is 21.3. The molecule has 0 saturated heterocycles. The number of benzene rings is 3. The summed E-state index contributed by atoms with van der Waals surface area (Å²) in [4.78, 5) is 7.78. The van der Waals surface area contributed by atoms with Gasteiger partial charge in [0.15, 0.2) is 0 Å². The Labute approximate surface area is 184 Å². The minimum atomic E-state index is -3.69. The molecule has 0 saturated carbocycles. The highest BCUT2D eigenvalue weighted by Gasteiger charge is 2.21. The van der Waals surface area contributed by atoms with E-state index in [0.29, 0.717) is 27.3 Å². The highest BCUT2D eigenvalue weighted by molar-refractivity contribution is 7.92. The number of halogens is 2. The number of aromatic nitrogens is 2. The van der Waals surface area contributed by atoms with Crippen LogP contribution in [0.2, 0.25) is 10.0 Å². The molecule has 4 rings (SSSR count). The molecule has 0 amide bonds. The number of H-pyrrole nitrogens is 1. The van der Waals surface area contributed by atoms with Gasteiger partial charge < -0.3 is 9.72 Å². The van der Waals surface area contributed by atoms with Crippen LogP contribution in [0.3, 0.4) is 0 Å². The number of nitrogens with one attached hydrogen (secondary N) is 1. The van der Waals surface area contributed by atoms with Gasteiger partial charge in [0.1, 0.15) is 18.2 Å². The number of hydrogen-bond acceptors (Lipinski definition) is 4. The van der Waals surface area contributed by atoms with Crippen LogP contribution in [0.5, 0.6) is 5.75 Å². The number of hydrogen-bond donors (Lipinski definition) is 1. The second-order valence-electron chi connectivity index (χ2n) is 6.55. The van der Waals surface area contributed by atoms with Crippen molar-refractivity contribution in [3.63, 3.8) is 0 Å². The predicted octanol–water partition coefficient (Wildman–Crippen LogP) is 5.27. The molecule has 0 aliphatic rings. The molecule has 0 fully saturated rings. The maximum atomic E-state index is 12.8. The van der Waals surface area contributed by atoms with Crippen LogP contribution >= 0.6 is 23.2 Å². The zero-order valence-corrected chi connectivity index (χ0v) is 18.2. The van der Waals surface area contributed by atoms with Crippen molar-refractivity contribution in [3.05, 3.63) is 82.6 Å². The molecule has 0 aliphatic heterocycles. The lowest BCUT2D eigenvalue weighted by Crippen LogP contribution is -2.26. The number of anilines is 1. The molecule has 1 N–H and O–H groups in total. The summed E-state index contributed by atoms with van der Waals surface area (Å²) in [6, 6.07) is 18.3. The van der Waals surface area contributed by atoms with Crippen LogP contribution in [0.15, 0.2) is 71.6 Å². The van der Waals surface area contributed by atoms with Gasteiger partial charge in [-0.15, -0.1) is 0 Å². The van der Waals surface area contributed by atoms with Crippen molar-refractivity contribution < 1.29 is 13.2 Å². The van der Waals surface area contributed by atoms with Gasteiger partial charge in [0.05, 0.1) is 21.6 Å². The van der Waals surface area contributed by atoms with Gasteiger partial charge in [0.2, 0.25) is 0 Å². The third-order valence-corrected chi connectivity index (χ3v) is 6.83. The maximum Gasteiger partial charge on any atom is 0.264 e. The van der Waals surface area contributed by atoms with Gasteiger partial charge in [-0.05, 0) is 66.7 Å². The molecular weight excluding hydrogens is 445 g/mol. The molecular formula is C21H17Cl2N3O3S. The summed E-state index contributed by atoms with van der Waals surface area (Å²) in [7, 11) is -2.19. The first-order valence-electron chi connectivity index (χ1n) is 8.94. The Morgan fingerprint density at radius 2 is 1.63 bits per heavy atom. The predicted molar refractivity (Wildman–Crippen MR) is 119 cm³/mol. The van der Waals surface area contributed by atoms with Crippen LogP contribution < -0.4 is 9.04 Å². The molecule has 0 atom stereocenters. The largest absolute Gasteiger partial charge is 0.486 e. The second-order valence-corrected chi connectivity index (χ2v) is 9.40. The zero-order valence-electron chi connectivity index (χ0n) is 15.8. The molecule has 3 aromatic carbocycles. The van der Waals surface area contributed by atoms with Crippen LogP contribution in [-0.2, 0) is 16.6 Å². The van der Waals surface area contributed by atoms with Crippen LogP contribution in [-0.4, -0.2) is 25.4 Å². The normalized spacial score (nSPS) is 11.6. The molecule has 30 heavy (non-hydrogen) atoms. The average molecular weight is 462 g/mol. The Kier molecular flexibility index (Phi) is 5.60. The summed E-state index contributed by atoms with van der Waals surface area (Å²) >= 11 is 11.8. The van der Waals surface area contributed by atoms with Gasteiger partial charge in [-0.25, -0.2) is 13.4 Å². The third kappa shape index (κ3) is 4.23. The first-order chi connectivity index (χ1) is 14.3. The molecule has 0 aliphatic carbocycles. The number of ether oxygens (including phenoxy) is 1. The average Bonchev–Trinajstić information content (AvgIpc) is 3.14. The van der Waals surface area contributed by atoms with E-state index in [9.17, 15) is 8.42 Å². The lowest BCUT2D eigenvalue weighted by Gasteiger charge is -2.20. The lowest BCUT2D eigenvalue weighted by molar-refractivity contribution is 0.297. The van der Waals surface area contributed by atoms with E-state index >= 15 is 0 Å². The Balaban J connectivity index is 1.45. The molecule has 154 valence electrons. The number of imidazole rings is 1. The third-order valence-electron chi connectivity index (χ3n) is 4.54. The van der Waals surface area contributed by atoms with Crippen molar-refractivity contribution >= 4 is 49.9 Å². The summed E-state index contributed by atoms with van der Waals surface area (Å²) in [6.45, 7) is 0.241. The highest BCUT2D eigenvalue weighted by Crippen LogP contribution is 2.25. The van der Waals surface area contributed by atoms with Crippen molar-refractivity contribution in [1.82, 2.24) is 9.97 Å². The van der Waals surface area contributed by atoms with Gasteiger partial charge in [-0.3, -0.25) is 4.31 Å². The van der Waals surface area contributed by atoms with E-state index in [2.05, 4.69) is 9.97 Å². The van der Waals surface area contributed by atoms with E-state index in [1.54, 1.807) is 48.5 Å². The van der Waals surface area contributed by atoms with Crippen LogP contribution in [0.4, 0.5) is 5.69 Å². The van der Waals surface area contributed by atoms with Gasteiger partial charge in [0.25, 0.3) is 10.0 Å². The van der Waals surface area contributed by atoms with Gasteiger partial charge in [0, 0.05) is 17.1 Å². The van der Waals surface area contributed by atoms with Crippen molar-refractivity contribution in [2.75, 3.05) is 11.4 Å². The smallest absolute Gasteiger partial charge is 0.264 e. The van der Waals surface area contributed by atoms with Crippen LogP contribution in [0.25, 0.3) is 11.0 Å². The number of nitrogens with zero attached hydrogens (tertiary/aromatic N) is 2. The van der Waals surface area contributed by atoms with Crippen molar-refractivity contribution in [2.24, 2.45) is 0 Å². The topological polar surface area (TPSA) is 75.3 Å². The van der Waals surface area contributed by atoms with E-state index in [0.717, 1.165) is 11.0 Å². The SMILES string of the molecule is CN(c1ccc(OCc2nc3ccc(Cl)cc3[nH]2)cc1)S(=O)(=O)c1ccc(Cl)cc1. The first kappa shape index (κ1) is 20.5. The lowest BCUT2D eigenvalue weighted by atomic mass is 10.3. The summed E-state index contributed by atoms with van der Waals surface area (Å²) in [5.74, 6) is 1.26. The van der Waals surface area contributed by atoms with E-state index in [4.69, 9.17) is 27.9 Å². The molecule has 1 heterocycles. The molecule has 4 aromatic rings. The Morgan fingerprint density at radius 3 is 2.33 bits per heavy atom. The second kappa shape index (κ2) is 8.18. The van der Waals surface area contributed by atoms with E-state index in [1.807, 2.05) is 6.07 Å². The van der Waals surface area contributed by atoms with Crippen LogP contribution in [0.1, 0.15) is 5.82 Å². The van der Waals surface area contributed by atoms with E-state index < -0.39 is 10.0 Å². The monoisotopic (exact) mass is 461 g/mol. The Hall–Kier alpha value is -2.74. The van der Waals surface area contributed by atoms with Crippen molar-refractivity contribution in [3.8, 4) is 5.75 Å². The number of sulfonamides is 1. The summed E-state index contributed by atoms with van der Waals surface area (Å²) in [5.41, 5.74) is 2.16. The Bertz CT molecular complexity index is 1290. The molecule has 1 aromatic heterocycles. The van der Waals surface area contributed by atoms with Gasteiger partial charge in [-0.1, -0.05) is 23.2 Å². The molecule has 0 bridgehead atoms. The van der Waals surface area contributed by atoms with Crippen LogP contribution in [0, 0.1) is 0 Å². The Morgan fingerprint density at radius 1 is 0.967 bits per heavy atom. The van der Waals surface area contributed by atoms with Gasteiger partial charge >= 0.3 is 0 Å². The van der Waals surface area contributed by atoms with Crippen molar-refractivity contribution in [2.45, 2.75) is 11.5 Å². The standard InChI is InChI=1S/C21H17Cl2N3O3S/c1-26(30(27,28)18-9-2-14(22)3-10-18)16-5-7-17(8-6-16)29-13-21-24-19-11-4-15(23)12-20(19)25-21/h2-12H,13H2,1H3,(H,24,25). The fraction of sp³-hybridized carbons (Fsp3) is 0.0952. The van der Waals surface area contributed by atoms with E-state index in [1.165, 1.54) is 23.5 Å². The molecule has 0 unspecified atom stereocenters. The van der Waals surface area contributed by atoms with E-state index in [-0.39, 0.29) is 11.5 Å². The summed E-state index contributed by atoms with van der Waals surface area (Å²) in [5, 5.41) is 1.11. The quantitative estimate of drug-likeness (QED) is 0.424. The summed E-state index contributed by atoms with van der Waals surface area (Å²) < 4.78 is 32.5. The van der Waals surface area contributed by atoms with Crippen molar-refractivity contribution in [1.29, 1.82) is 0 Å². The number of fused-ring (bicyclic) bond motifs is 1. The minimum Gasteiger partial charge on any atom is -0.486 e. The molecule has 9 heteroatoms. The fourth-order valence-corrected chi connectivity index (χ4v) is 4.40. The highest BCUT2D eigenvalue weighted by atomic mass is 35.5. The summed E-state index contributed by atoms with van der Waals surface area (Å²) in [6.07, 6.45) is 0. The maximum absolute atomic E-state index is 12.8. The number of aromatic amines is 1. The fourth-order valence-electron chi connectivity index (χ4n) is 2.91. The molecule has 0 spiro atoms. The molecule has 0 radical (unpaired) electrons. The molecule has 6 nitrogen and oxygen atoms in total. The van der Waals surface area contributed by atoms with Gasteiger partial charge in [-0.2, -0.15) is 0 Å².